The van der Waals surface area contributed by atoms with Gasteiger partial charge in [0.15, 0.2) is 0 Å². The van der Waals surface area contributed by atoms with Crippen LogP contribution in [0.3, 0.4) is 0 Å². The zero-order valence-corrected chi connectivity index (χ0v) is 11.6. The maximum atomic E-state index is 13.3. The van der Waals surface area contributed by atoms with E-state index in [1.165, 1.54) is 23.9 Å². The van der Waals surface area contributed by atoms with E-state index in [1.807, 2.05) is 6.07 Å². The highest BCUT2D eigenvalue weighted by molar-refractivity contribution is 5.58. The van der Waals surface area contributed by atoms with E-state index in [1.54, 1.807) is 12.1 Å². The number of fused-ring (bicyclic) bond motifs is 1. The van der Waals surface area contributed by atoms with Gasteiger partial charge in [0.25, 0.3) is 0 Å². The SMILES string of the molecule is NC(CCN1CCc2ccc(F)cc21)c1ccc(F)cn1. The summed E-state index contributed by atoms with van der Waals surface area (Å²) < 4.78 is 26.2. The lowest BCUT2D eigenvalue weighted by molar-refractivity contribution is 0.596. The lowest BCUT2D eigenvalue weighted by atomic mass is 10.1. The van der Waals surface area contributed by atoms with Crippen LogP contribution in [0.1, 0.15) is 23.7 Å². The second kappa shape index (κ2) is 5.77. The van der Waals surface area contributed by atoms with Crippen LogP contribution in [0.5, 0.6) is 0 Å². The molecular formula is C16H17F2N3. The summed E-state index contributed by atoms with van der Waals surface area (Å²) in [5.74, 6) is -0.583. The van der Waals surface area contributed by atoms with Crippen LogP contribution in [0.2, 0.25) is 0 Å². The number of pyridine rings is 1. The first kappa shape index (κ1) is 13.9. The molecule has 0 radical (unpaired) electrons. The van der Waals surface area contributed by atoms with Gasteiger partial charge in [0, 0.05) is 24.8 Å². The maximum Gasteiger partial charge on any atom is 0.141 e. The largest absolute Gasteiger partial charge is 0.371 e. The minimum atomic E-state index is -0.366. The Morgan fingerprint density at radius 2 is 2.00 bits per heavy atom. The van der Waals surface area contributed by atoms with Crippen LogP contribution in [0.4, 0.5) is 14.5 Å². The number of nitrogens with two attached hydrogens (primary N) is 1. The van der Waals surface area contributed by atoms with E-state index in [-0.39, 0.29) is 17.7 Å². The Labute approximate surface area is 122 Å². The second-order valence-corrected chi connectivity index (χ2v) is 5.31. The maximum absolute atomic E-state index is 13.3. The molecule has 5 heteroatoms. The smallest absolute Gasteiger partial charge is 0.141 e. The van der Waals surface area contributed by atoms with E-state index in [2.05, 4.69) is 9.88 Å². The van der Waals surface area contributed by atoms with Crippen molar-refractivity contribution in [3.05, 3.63) is 59.4 Å². The Morgan fingerprint density at radius 1 is 1.19 bits per heavy atom. The lowest BCUT2D eigenvalue weighted by Gasteiger charge is -2.21. The second-order valence-electron chi connectivity index (χ2n) is 5.31. The molecule has 0 fully saturated rings. The van der Waals surface area contributed by atoms with Crippen LogP contribution in [-0.4, -0.2) is 18.1 Å². The molecule has 1 unspecified atom stereocenters. The molecule has 0 saturated heterocycles. The fraction of sp³-hybridized carbons (Fsp3) is 0.312. The van der Waals surface area contributed by atoms with Crippen molar-refractivity contribution >= 4 is 5.69 Å². The molecule has 1 aliphatic heterocycles. The summed E-state index contributed by atoms with van der Waals surface area (Å²) in [5, 5.41) is 0. The van der Waals surface area contributed by atoms with Gasteiger partial charge in [-0.1, -0.05) is 6.07 Å². The van der Waals surface area contributed by atoms with Crippen LogP contribution in [0.25, 0.3) is 0 Å². The fourth-order valence-corrected chi connectivity index (χ4v) is 2.70. The molecule has 2 N–H and O–H groups in total. The van der Waals surface area contributed by atoms with Gasteiger partial charge >= 0.3 is 0 Å². The number of hydrogen-bond donors (Lipinski definition) is 1. The van der Waals surface area contributed by atoms with Gasteiger partial charge in [-0.3, -0.25) is 4.98 Å². The number of hydrogen-bond acceptors (Lipinski definition) is 3. The number of halogens is 2. The van der Waals surface area contributed by atoms with E-state index in [4.69, 9.17) is 5.73 Å². The molecule has 21 heavy (non-hydrogen) atoms. The number of nitrogens with zero attached hydrogens (tertiary/aromatic N) is 2. The van der Waals surface area contributed by atoms with Crippen molar-refractivity contribution in [3.63, 3.8) is 0 Å². The Bertz CT molecular complexity index is 628. The van der Waals surface area contributed by atoms with Gasteiger partial charge in [-0.2, -0.15) is 0 Å². The Balaban J connectivity index is 1.64. The van der Waals surface area contributed by atoms with E-state index in [0.717, 1.165) is 25.2 Å². The zero-order chi connectivity index (χ0) is 14.8. The van der Waals surface area contributed by atoms with Crippen molar-refractivity contribution in [2.45, 2.75) is 18.9 Å². The van der Waals surface area contributed by atoms with Crippen LogP contribution in [-0.2, 0) is 6.42 Å². The molecule has 110 valence electrons. The summed E-state index contributed by atoms with van der Waals surface area (Å²) >= 11 is 0. The van der Waals surface area contributed by atoms with Crippen molar-refractivity contribution in [3.8, 4) is 0 Å². The average Bonchev–Trinajstić information content (AvgIpc) is 2.88. The van der Waals surface area contributed by atoms with Gasteiger partial charge < -0.3 is 10.6 Å². The third-order valence-corrected chi connectivity index (χ3v) is 3.88. The lowest BCUT2D eigenvalue weighted by Crippen LogP contribution is -2.26. The predicted octanol–water partition coefficient (Wildman–Crippen LogP) is 2.81. The highest BCUT2D eigenvalue weighted by Gasteiger charge is 2.20. The number of benzene rings is 1. The topological polar surface area (TPSA) is 42.1 Å². The average molecular weight is 289 g/mol. The van der Waals surface area contributed by atoms with Crippen LogP contribution < -0.4 is 10.6 Å². The van der Waals surface area contributed by atoms with Gasteiger partial charge in [0.05, 0.1) is 11.9 Å². The molecular weight excluding hydrogens is 272 g/mol. The highest BCUT2D eigenvalue weighted by Crippen LogP contribution is 2.29. The highest BCUT2D eigenvalue weighted by atomic mass is 19.1. The van der Waals surface area contributed by atoms with Gasteiger partial charge in [-0.15, -0.1) is 0 Å². The first-order valence-electron chi connectivity index (χ1n) is 7.04. The first-order valence-corrected chi connectivity index (χ1v) is 7.04. The summed E-state index contributed by atoms with van der Waals surface area (Å²) in [4.78, 5) is 6.14. The first-order chi connectivity index (χ1) is 10.1. The number of rotatable bonds is 4. The molecule has 1 aromatic heterocycles. The molecule has 3 rings (SSSR count). The zero-order valence-electron chi connectivity index (χ0n) is 11.6. The normalized spacial score (nSPS) is 15.1. The van der Waals surface area contributed by atoms with E-state index < -0.39 is 0 Å². The predicted molar refractivity (Wildman–Crippen MR) is 78.1 cm³/mol. The summed E-state index contributed by atoms with van der Waals surface area (Å²) in [7, 11) is 0. The molecule has 1 aromatic carbocycles. The molecule has 1 aliphatic rings. The van der Waals surface area contributed by atoms with E-state index in [9.17, 15) is 8.78 Å². The summed E-state index contributed by atoms with van der Waals surface area (Å²) in [6.07, 6.45) is 2.80. The van der Waals surface area contributed by atoms with Gasteiger partial charge in [-0.25, -0.2) is 8.78 Å². The Hall–Kier alpha value is -2.01. The van der Waals surface area contributed by atoms with Gasteiger partial charge in [-0.05, 0) is 42.7 Å². The monoisotopic (exact) mass is 289 g/mol. The minimum absolute atomic E-state index is 0.217. The van der Waals surface area contributed by atoms with Crippen molar-refractivity contribution in [1.29, 1.82) is 0 Å². The minimum Gasteiger partial charge on any atom is -0.371 e. The summed E-state index contributed by atoms with van der Waals surface area (Å²) in [5.41, 5.74) is 8.89. The van der Waals surface area contributed by atoms with Crippen LogP contribution in [0, 0.1) is 11.6 Å². The molecule has 3 nitrogen and oxygen atoms in total. The third-order valence-electron chi connectivity index (χ3n) is 3.88. The van der Waals surface area contributed by atoms with Crippen LogP contribution in [0.15, 0.2) is 36.5 Å². The standard InChI is InChI=1S/C16H17F2N3/c17-12-2-1-11-5-7-21(16(11)9-12)8-6-14(19)15-4-3-13(18)10-20-15/h1-4,9-10,14H,5-8,19H2. The van der Waals surface area contributed by atoms with Gasteiger partial charge in [0.2, 0.25) is 0 Å². The van der Waals surface area contributed by atoms with E-state index >= 15 is 0 Å². The van der Waals surface area contributed by atoms with Crippen molar-refractivity contribution < 1.29 is 8.78 Å². The van der Waals surface area contributed by atoms with Crippen LogP contribution >= 0.6 is 0 Å². The van der Waals surface area contributed by atoms with E-state index in [0.29, 0.717) is 12.1 Å². The molecule has 0 aliphatic carbocycles. The van der Waals surface area contributed by atoms with Gasteiger partial charge in [0.1, 0.15) is 11.6 Å². The summed E-state index contributed by atoms with van der Waals surface area (Å²) in [6.45, 7) is 1.61. The molecule has 2 heterocycles. The molecule has 0 saturated carbocycles. The third kappa shape index (κ3) is 3.03. The van der Waals surface area contributed by atoms with Crippen molar-refractivity contribution in [2.24, 2.45) is 5.73 Å². The fourth-order valence-electron chi connectivity index (χ4n) is 2.70. The molecule has 0 spiro atoms. The molecule has 0 amide bonds. The Morgan fingerprint density at radius 3 is 2.76 bits per heavy atom. The quantitative estimate of drug-likeness (QED) is 0.941. The molecule has 0 bridgehead atoms. The Kier molecular flexibility index (Phi) is 3.84. The number of aromatic nitrogens is 1. The van der Waals surface area contributed by atoms with Crippen molar-refractivity contribution in [2.75, 3.05) is 18.0 Å². The number of anilines is 1. The summed E-state index contributed by atoms with van der Waals surface area (Å²) in [6, 6.07) is 7.63. The van der Waals surface area contributed by atoms with Crippen molar-refractivity contribution in [1.82, 2.24) is 4.98 Å². The molecule has 2 aromatic rings. The molecule has 1 atom stereocenters.